The summed E-state index contributed by atoms with van der Waals surface area (Å²) in [6.45, 7) is 2.56. The third-order valence-corrected chi connectivity index (χ3v) is 5.02. The van der Waals surface area contributed by atoms with Gasteiger partial charge in [0.15, 0.2) is 0 Å². The number of nitrogens with one attached hydrogen (secondary N) is 1. The molecule has 0 aliphatic carbocycles. The summed E-state index contributed by atoms with van der Waals surface area (Å²) in [7, 11) is -1.76. The zero-order valence-electron chi connectivity index (χ0n) is 8.53. The van der Waals surface area contributed by atoms with E-state index in [2.05, 4.69) is 20.7 Å². The van der Waals surface area contributed by atoms with E-state index in [9.17, 15) is 8.42 Å². The molecule has 1 heterocycles. The lowest BCUT2D eigenvalue weighted by atomic mass is 10.5. The Morgan fingerprint density at radius 3 is 2.73 bits per heavy atom. The molecule has 0 saturated carbocycles. The van der Waals surface area contributed by atoms with E-state index in [1.165, 1.54) is 15.6 Å². The van der Waals surface area contributed by atoms with E-state index < -0.39 is 10.2 Å². The van der Waals surface area contributed by atoms with Crippen molar-refractivity contribution < 1.29 is 8.42 Å². The van der Waals surface area contributed by atoms with Gasteiger partial charge < -0.3 is 0 Å². The van der Waals surface area contributed by atoms with E-state index in [0.29, 0.717) is 13.1 Å². The van der Waals surface area contributed by atoms with Crippen LogP contribution < -0.4 is 4.72 Å². The molecule has 0 amide bonds. The number of nitrogens with zero attached hydrogens (tertiary/aromatic N) is 1. The van der Waals surface area contributed by atoms with Crippen LogP contribution >= 0.6 is 27.3 Å². The van der Waals surface area contributed by atoms with Gasteiger partial charge in [0.1, 0.15) is 0 Å². The molecular weight excluding hydrogens is 300 g/mol. The minimum absolute atomic E-state index is 0.394. The van der Waals surface area contributed by atoms with E-state index in [4.69, 9.17) is 0 Å². The number of hydrogen-bond acceptors (Lipinski definition) is 3. The highest BCUT2D eigenvalue weighted by Gasteiger charge is 2.16. The molecule has 0 saturated heterocycles. The summed E-state index contributed by atoms with van der Waals surface area (Å²) in [4.78, 5) is 1.01. The highest BCUT2D eigenvalue weighted by Crippen LogP contribution is 2.21. The van der Waals surface area contributed by atoms with Gasteiger partial charge in [-0.25, -0.2) is 4.72 Å². The molecule has 7 heteroatoms. The smallest absolute Gasteiger partial charge is 0.202 e. The Labute approximate surface area is 103 Å². The first-order chi connectivity index (χ1) is 6.95. The average Bonchev–Trinajstić information content (AvgIpc) is 2.51. The minimum Gasteiger partial charge on any atom is -0.202 e. The molecule has 15 heavy (non-hydrogen) atoms. The Hall–Kier alpha value is 0.0500. The van der Waals surface area contributed by atoms with Crippen molar-refractivity contribution in [3.8, 4) is 0 Å². The number of hydrogen-bond donors (Lipinski definition) is 1. The molecule has 0 unspecified atom stereocenters. The van der Waals surface area contributed by atoms with Gasteiger partial charge in [-0.15, -0.1) is 11.3 Å². The van der Waals surface area contributed by atoms with Gasteiger partial charge in [-0.3, -0.25) is 0 Å². The van der Waals surface area contributed by atoms with Crippen LogP contribution in [-0.2, 0) is 16.8 Å². The second-order valence-corrected chi connectivity index (χ2v) is 6.76. The van der Waals surface area contributed by atoms with Gasteiger partial charge in [-0.1, -0.05) is 6.92 Å². The Morgan fingerprint density at radius 1 is 1.60 bits per heavy atom. The molecule has 1 aromatic rings. The van der Waals surface area contributed by atoms with Crippen molar-refractivity contribution in [3.63, 3.8) is 0 Å². The molecule has 0 aromatic carbocycles. The summed E-state index contributed by atoms with van der Waals surface area (Å²) >= 11 is 4.86. The summed E-state index contributed by atoms with van der Waals surface area (Å²) in [5, 5.41) is 1.93. The molecule has 1 aromatic heterocycles. The van der Waals surface area contributed by atoms with Crippen LogP contribution in [0.4, 0.5) is 0 Å². The van der Waals surface area contributed by atoms with Crippen molar-refractivity contribution in [1.29, 1.82) is 0 Å². The molecule has 0 spiro atoms. The normalized spacial score (nSPS) is 12.3. The predicted octanol–water partition coefficient (Wildman–Crippen LogP) is 1.80. The van der Waals surface area contributed by atoms with Gasteiger partial charge in [0.25, 0.3) is 10.2 Å². The lowest BCUT2D eigenvalue weighted by Gasteiger charge is -2.15. The largest absolute Gasteiger partial charge is 0.279 e. The first-order valence-electron chi connectivity index (χ1n) is 4.39. The second-order valence-electron chi connectivity index (χ2n) is 2.99. The Bertz CT molecular complexity index is 416. The van der Waals surface area contributed by atoms with Crippen molar-refractivity contribution in [2.45, 2.75) is 13.5 Å². The topological polar surface area (TPSA) is 49.4 Å². The maximum absolute atomic E-state index is 11.5. The molecule has 1 rings (SSSR count). The minimum atomic E-state index is -3.32. The van der Waals surface area contributed by atoms with E-state index >= 15 is 0 Å². The standard InChI is InChI=1S/C8H13BrN2O2S2/c1-3-10-15(12,13)11(2)5-8-4-7(9)6-14-8/h4,6,10H,3,5H2,1-2H3. The third-order valence-electron chi connectivity index (χ3n) is 1.74. The van der Waals surface area contributed by atoms with Crippen LogP contribution in [0.1, 0.15) is 11.8 Å². The molecule has 0 bridgehead atoms. The maximum atomic E-state index is 11.5. The highest BCUT2D eigenvalue weighted by molar-refractivity contribution is 9.10. The Balaban J connectivity index is 2.67. The lowest BCUT2D eigenvalue weighted by molar-refractivity contribution is 0.459. The fraction of sp³-hybridized carbons (Fsp3) is 0.500. The molecule has 0 aliphatic heterocycles. The van der Waals surface area contributed by atoms with Gasteiger partial charge in [0.05, 0.1) is 0 Å². The second kappa shape index (κ2) is 5.40. The van der Waals surface area contributed by atoms with Crippen molar-refractivity contribution in [2.75, 3.05) is 13.6 Å². The maximum Gasteiger partial charge on any atom is 0.279 e. The van der Waals surface area contributed by atoms with Crippen molar-refractivity contribution in [3.05, 3.63) is 20.8 Å². The fourth-order valence-corrected chi connectivity index (χ4v) is 3.51. The summed E-state index contributed by atoms with van der Waals surface area (Å²) in [6.07, 6.45) is 0. The van der Waals surface area contributed by atoms with E-state index in [0.717, 1.165) is 9.35 Å². The Kier molecular flexibility index (Phi) is 4.72. The Morgan fingerprint density at radius 2 is 2.27 bits per heavy atom. The number of halogens is 1. The lowest BCUT2D eigenvalue weighted by Crippen LogP contribution is -2.37. The van der Waals surface area contributed by atoms with Crippen molar-refractivity contribution in [2.24, 2.45) is 0 Å². The van der Waals surface area contributed by atoms with Crippen molar-refractivity contribution in [1.82, 2.24) is 9.03 Å². The van der Waals surface area contributed by atoms with Crippen LogP contribution in [0.5, 0.6) is 0 Å². The molecule has 4 nitrogen and oxygen atoms in total. The SMILES string of the molecule is CCNS(=O)(=O)N(C)Cc1cc(Br)cs1. The molecular formula is C8H13BrN2O2S2. The molecule has 0 fully saturated rings. The molecule has 0 atom stereocenters. The molecule has 0 radical (unpaired) electrons. The zero-order chi connectivity index (χ0) is 11.5. The number of rotatable bonds is 5. The van der Waals surface area contributed by atoms with Crippen LogP contribution in [-0.4, -0.2) is 26.3 Å². The van der Waals surface area contributed by atoms with Gasteiger partial charge in [-0.2, -0.15) is 12.7 Å². The highest BCUT2D eigenvalue weighted by atomic mass is 79.9. The van der Waals surface area contributed by atoms with Gasteiger partial charge in [0.2, 0.25) is 0 Å². The summed E-state index contributed by atoms with van der Waals surface area (Å²) in [6, 6.07) is 1.92. The van der Waals surface area contributed by atoms with Crippen LogP contribution in [0, 0.1) is 0 Å². The molecule has 86 valence electrons. The average molecular weight is 313 g/mol. The van der Waals surface area contributed by atoms with Crippen molar-refractivity contribution >= 4 is 37.5 Å². The number of thiophene rings is 1. The summed E-state index contributed by atoms with van der Waals surface area (Å²) < 4.78 is 27.8. The van der Waals surface area contributed by atoms with E-state index in [1.54, 1.807) is 14.0 Å². The van der Waals surface area contributed by atoms with Gasteiger partial charge >= 0.3 is 0 Å². The molecule has 1 N–H and O–H groups in total. The third kappa shape index (κ3) is 3.84. The monoisotopic (exact) mass is 312 g/mol. The first kappa shape index (κ1) is 13.1. The predicted molar refractivity (Wildman–Crippen MR) is 66.1 cm³/mol. The summed E-state index contributed by atoms with van der Waals surface area (Å²) in [5.74, 6) is 0. The molecule has 0 aliphatic rings. The fourth-order valence-electron chi connectivity index (χ4n) is 1.03. The zero-order valence-corrected chi connectivity index (χ0v) is 11.7. The van der Waals surface area contributed by atoms with Gasteiger partial charge in [0, 0.05) is 34.9 Å². The quantitative estimate of drug-likeness (QED) is 0.901. The van der Waals surface area contributed by atoms with Crippen LogP contribution in [0.25, 0.3) is 0 Å². The van der Waals surface area contributed by atoms with Crippen LogP contribution in [0.2, 0.25) is 0 Å². The first-order valence-corrected chi connectivity index (χ1v) is 7.51. The van der Waals surface area contributed by atoms with Gasteiger partial charge in [-0.05, 0) is 22.0 Å². The van der Waals surface area contributed by atoms with Crippen LogP contribution in [0.3, 0.4) is 0 Å². The van der Waals surface area contributed by atoms with Crippen LogP contribution in [0.15, 0.2) is 15.9 Å². The summed E-state index contributed by atoms with van der Waals surface area (Å²) in [5.41, 5.74) is 0. The van der Waals surface area contributed by atoms with E-state index in [1.807, 2.05) is 11.4 Å². The van der Waals surface area contributed by atoms with E-state index in [-0.39, 0.29) is 0 Å².